The van der Waals surface area contributed by atoms with Crippen LogP contribution in [-0.4, -0.2) is 66.5 Å². The van der Waals surface area contributed by atoms with Crippen molar-refractivity contribution < 1.29 is 18.7 Å². The smallest absolute Gasteiger partial charge is 0.257 e. The van der Waals surface area contributed by atoms with Crippen LogP contribution in [0.4, 0.5) is 15.9 Å². The van der Waals surface area contributed by atoms with E-state index in [1.165, 1.54) is 12.1 Å². The number of ether oxygens (including phenoxy) is 1. The Bertz CT molecular complexity index is 952. The molecule has 2 aromatic rings. The molecule has 2 amide bonds. The summed E-state index contributed by atoms with van der Waals surface area (Å²) in [5.74, 6) is 0.156. The number of amides is 2. The molecule has 4 rings (SSSR count). The van der Waals surface area contributed by atoms with E-state index in [4.69, 9.17) is 4.74 Å². The van der Waals surface area contributed by atoms with Gasteiger partial charge in [-0.15, -0.1) is 0 Å². The second-order valence-corrected chi connectivity index (χ2v) is 8.13. The number of piperidine rings is 1. The summed E-state index contributed by atoms with van der Waals surface area (Å²) in [6.45, 7) is 1.39. The number of carbonyl (C=O) groups is 2. The van der Waals surface area contributed by atoms with Crippen LogP contribution in [0, 0.1) is 11.7 Å². The topological polar surface area (TPSA) is 78.9 Å². The number of carbonyl (C=O) groups excluding carboxylic acids is 2. The standard InChI is InChI=1S/C22H26FN5O3/c1-26(2)20-21(25-10-9-24-20)31-18-4-3-11-27(14-18)22(30)15-12-19(29)28(13-15)17-7-5-16(23)6-8-17/h5-10,15,18H,3-4,11-14H2,1-2H3. The van der Waals surface area contributed by atoms with Gasteiger partial charge in [0.2, 0.25) is 11.8 Å². The minimum atomic E-state index is -0.412. The third-order valence-electron chi connectivity index (χ3n) is 5.65. The highest BCUT2D eigenvalue weighted by atomic mass is 19.1. The first kappa shape index (κ1) is 21.0. The molecule has 8 nitrogen and oxygen atoms in total. The van der Waals surface area contributed by atoms with Crippen LogP contribution in [0.5, 0.6) is 5.88 Å². The summed E-state index contributed by atoms with van der Waals surface area (Å²) in [6, 6.07) is 5.76. The van der Waals surface area contributed by atoms with Crippen molar-refractivity contribution in [2.24, 2.45) is 5.92 Å². The number of benzene rings is 1. The lowest BCUT2D eigenvalue weighted by molar-refractivity contribution is -0.138. The van der Waals surface area contributed by atoms with Crippen LogP contribution in [-0.2, 0) is 9.59 Å². The van der Waals surface area contributed by atoms with Crippen LogP contribution in [0.2, 0.25) is 0 Å². The first-order chi connectivity index (χ1) is 14.9. The molecule has 164 valence electrons. The Morgan fingerprint density at radius 3 is 2.65 bits per heavy atom. The van der Waals surface area contributed by atoms with Gasteiger partial charge in [0.15, 0.2) is 5.82 Å². The largest absolute Gasteiger partial charge is 0.470 e. The van der Waals surface area contributed by atoms with E-state index < -0.39 is 5.92 Å². The lowest BCUT2D eigenvalue weighted by atomic mass is 10.0. The number of hydrogen-bond acceptors (Lipinski definition) is 6. The normalized spacial score (nSPS) is 21.3. The molecule has 9 heteroatoms. The van der Waals surface area contributed by atoms with Crippen molar-refractivity contribution in [2.75, 3.05) is 43.5 Å². The van der Waals surface area contributed by atoms with Gasteiger partial charge in [0.05, 0.1) is 12.5 Å². The molecule has 1 aromatic heterocycles. The van der Waals surface area contributed by atoms with Crippen molar-refractivity contribution in [2.45, 2.75) is 25.4 Å². The summed E-state index contributed by atoms with van der Waals surface area (Å²) >= 11 is 0. The van der Waals surface area contributed by atoms with Crippen LogP contribution in [0.1, 0.15) is 19.3 Å². The molecule has 2 fully saturated rings. The zero-order chi connectivity index (χ0) is 22.0. The maximum atomic E-state index is 13.2. The Kier molecular flexibility index (Phi) is 6.01. The molecule has 2 aliphatic rings. The minimum Gasteiger partial charge on any atom is -0.470 e. The van der Waals surface area contributed by atoms with Gasteiger partial charge in [-0.25, -0.2) is 14.4 Å². The lowest BCUT2D eigenvalue weighted by Crippen LogP contribution is -2.47. The van der Waals surface area contributed by atoms with E-state index in [0.717, 1.165) is 12.8 Å². The third kappa shape index (κ3) is 4.60. The third-order valence-corrected chi connectivity index (χ3v) is 5.65. The van der Waals surface area contributed by atoms with Gasteiger partial charge in [0.1, 0.15) is 11.9 Å². The van der Waals surface area contributed by atoms with E-state index >= 15 is 0 Å². The monoisotopic (exact) mass is 427 g/mol. The van der Waals surface area contributed by atoms with Crippen molar-refractivity contribution >= 4 is 23.3 Å². The van der Waals surface area contributed by atoms with Crippen molar-refractivity contribution in [3.63, 3.8) is 0 Å². The van der Waals surface area contributed by atoms with Crippen molar-refractivity contribution in [3.8, 4) is 5.88 Å². The molecule has 2 unspecified atom stereocenters. The number of rotatable bonds is 5. The van der Waals surface area contributed by atoms with E-state index in [1.807, 2.05) is 19.0 Å². The minimum absolute atomic E-state index is 0.0433. The van der Waals surface area contributed by atoms with E-state index in [0.29, 0.717) is 37.0 Å². The van der Waals surface area contributed by atoms with Gasteiger partial charge in [-0.2, -0.15) is 0 Å². The highest BCUT2D eigenvalue weighted by Gasteiger charge is 2.38. The number of halogens is 1. The zero-order valence-corrected chi connectivity index (χ0v) is 17.7. The molecule has 3 heterocycles. The Balaban J connectivity index is 1.40. The molecular weight excluding hydrogens is 401 g/mol. The van der Waals surface area contributed by atoms with Crippen LogP contribution in [0.25, 0.3) is 0 Å². The van der Waals surface area contributed by atoms with E-state index in [1.54, 1.807) is 34.3 Å². The predicted molar refractivity (Wildman–Crippen MR) is 113 cm³/mol. The predicted octanol–water partition coefficient (Wildman–Crippen LogP) is 2.10. The maximum Gasteiger partial charge on any atom is 0.257 e. The number of aromatic nitrogens is 2. The van der Waals surface area contributed by atoms with Gasteiger partial charge >= 0.3 is 0 Å². The van der Waals surface area contributed by atoms with Gasteiger partial charge in [0, 0.05) is 51.7 Å². The second-order valence-electron chi connectivity index (χ2n) is 8.13. The van der Waals surface area contributed by atoms with Crippen LogP contribution in [0.15, 0.2) is 36.7 Å². The highest BCUT2D eigenvalue weighted by Crippen LogP contribution is 2.29. The fourth-order valence-corrected chi connectivity index (χ4v) is 4.10. The fourth-order valence-electron chi connectivity index (χ4n) is 4.10. The van der Waals surface area contributed by atoms with Crippen LogP contribution in [0.3, 0.4) is 0 Å². The highest BCUT2D eigenvalue weighted by molar-refractivity contribution is 6.00. The van der Waals surface area contributed by atoms with E-state index in [9.17, 15) is 14.0 Å². The van der Waals surface area contributed by atoms with Crippen LogP contribution < -0.4 is 14.5 Å². The average Bonchev–Trinajstić information content (AvgIpc) is 3.16. The van der Waals surface area contributed by atoms with Gasteiger partial charge < -0.3 is 19.4 Å². The molecule has 2 atom stereocenters. The maximum absolute atomic E-state index is 13.2. The summed E-state index contributed by atoms with van der Waals surface area (Å²) in [6.07, 6.45) is 4.81. The first-order valence-corrected chi connectivity index (χ1v) is 10.4. The summed E-state index contributed by atoms with van der Waals surface area (Å²) in [5, 5.41) is 0. The molecule has 0 aliphatic carbocycles. The van der Waals surface area contributed by atoms with Crippen molar-refractivity contribution in [1.82, 2.24) is 14.9 Å². The summed E-state index contributed by atoms with van der Waals surface area (Å²) < 4.78 is 19.3. The quantitative estimate of drug-likeness (QED) is 0.727. The first-order valence-electron chi connectivity index (χ1n) is 10.4. The Morgan fingerprint density at radius 1 is 1.16 bits per heavy atom. The molecule has 31 heavy (non-hydrogen) atoms. The number of nitrogens with zero attached hydrogens (tertiary/aromatic N) is 5. The van der Waals surface area contributed by atoms with Gasteiger partial charge in [-0.05, 0) is 37.1 Å². The van der Waals surface area contributed by atoms with E-state index in [2.05, 4.69) is 9.97 Å². The summed E-state index contributed by atoms with van der Waals surface area (Å²) in [7, 11) is 3.75. The SMILES string of the molecule is CN(C)c1nccnc1OC1CCCN(C(=O)C2CC(=O)N(c3ccc(F)cc3)C2)C1. The fraction of sp³-hybridized carbons (Fsp3) is 0.455. The Hall–Kier alpha value is -3.23. The van der Waals surface area contributed by atoms with Gasteiger partial charge in [-0.3, -0.25) is 9.59 Å². The molecule has 1 aromatic carbocycles. The second kappa shape index (κ2) is 8.87. The molecule has 2 saturated heterocycles. The number of likely N-dealkylation sites (tertiary alicyclic amines) is 1. The average molecular weight is 427 g/mol. The van der Waals surface area contributed by atoms with Gasteiger partial charge in [0.25, 0.3) is 5.88 Å². The molecule has 0 saturated carbocycles. The lowest BCUT2D eigenvalue weighted by Gasteiger charge is -2.34. The Morgan fingerprint density at radius 2 is 1.90 bits per heavy atom. The van der Waals surface area contributed by atoms with Gasteiger partial charge in [-0.1, -0.05) is 0 Å². The molecule has 2 aliphatic heterocycles. The summed E-state index contributed by atoms with van der Waals surface area (Å²) in [4.78, 5) is 39.4. The Labute approximate surface area is 180 Å². The van der Waals surface area contributed by atoms with Crippen molar-refractivity contribution in [1.29, 1.82) is 0 Å². The number of anilines is 2. The van der Waals surface area contributed by atoms with E-state index in [-0.39, 0.29) is 30.2 Å². The van der Waals surface area contributed by atoms with Crippen LogP contribution >= 0.6 is 0 Å². The molecular formula is C22H26FN5O3. The zero-order valence-electron chi connectivity index (χ0n) is 17.7. The van der Waals surface area contributed by atoms with Crippen molar-refractivity contribution in [3.05, 3.63) is 42.5 Å². The summed E-state index contributed by atoms with van der Waals surface area (Å²) in [5.41, 5.74) is 0.612. The molecule has 0 N–H and O–H groups in total. The molecule has 0 spiro atoms. The molecule has 0 bridgehead atoms. The number of hydrogen-bond donors (Lipinski definition) is 0. The molecule has 0 radical (unpaired) electrons.